The molecule has 5 heteroatoms. The molecule has 0 N–H and O–H groups in total. The van der Waals surface area contributed by atoms with Gasteiger partial charge >= 0.3 is 0 Å². The van der Waals surface area contributed by atoms with Gasteiger partial charge in [-0.2, -0.15) is 0 Å². The molecule has 0 bridgehead atoms. The van der Waals surface area contributed by atoms with Crippen LogP contribution in [0, 0.1) is 5.41 Å². The van der Waals surface area contributed by atoms with E-state index in [0.717, 1.165) is 19.3 Å². The fourth-order valence-electron chi connectivity index (χ4n) is 2.00. The molecule has 0 aromatic carbocycles. The third-order valence-corrected chi connectivity index (χ3v) is 3.62. The highest BCUT2D eigenvalue weighted by atomic mass is 28.2. The molecule has 0 atom stereocenters. The lowest BCUT2D eigenvalue weighted by Crippen LogP contribution is -2.46. The zero-order valence-corrected chi connectivity index (χ0v) is 14.0. The molecule has 0 fully saturated rings. The van der Waals surface area contributed by atoms with Gasteiger partial charge in [0.1, 0.15) is 0 Å². The molecule has 0 heterocycles. The topological polar surface area (TPSA) is 44.8 Å². The summed E-state index contributed by atoms with van der Waals surface area (Å²) in [4.78, 5) is 11.0. The van der Waals surface area contributed by atoms with Gasteiger partial charge in [-0.1, -0.05) is 20.8 Å². The third kappa shape index (κ3) is 4.77. The monoisotopic (exact) mass is 262 g/mol. The quantitative estimate of drug-likeness (QED) is 0.395. The molecule has 0 rings (SSSR count). The van der Waals surface area contributed by atoms with Crippen molar-refractivity contribution in [3.05, 3.63) is 0 Å². The average molecular weight is 262 g/mol. The predicted octanol–water partition coefficient (Wildman–Crippen LogP) is 1.41. The Morgan fingerprint density at radius 1 is 1.12 bits per heavy atom. The number of unbranched alkanes of at least 4 members (excludes halogenated alkanes) is 1. The number of hydrogen-bond donors (Lipinski definition) is 0. The molecule has 0 aliphatic heterocycles. The number of methoxy groups -OCH3 is 2. The van der Waals surface area contributed by atoms with Crippen LogP contribution in [0.2, 0.25) is 0 Å². The van der Waals surface area contributed by atoms with Gasteiger partial charge in [-0.05, 0) is 12.8 Å². The van der Waals surface area contributed by atoms with E-state index in [1.165, 1.54) is 0 Å². The largest absolute Gasteiger partial charge is 0.529 e. The summed E-state index contributed by atoms with van der Waals surface area (Å²) in [6.07, 6.45) is 2.95. The third-order valence-electron chi connectivity index (χ3n) is 3.17. The Balaban J connectivity index is 4.24. The minimum absolute atomic E-state index is 0.103. The zero-order chi connectivity index (χ0) is 13.5. The Morgan fingerprint density at radius 2 is 1.65 bits per heavy atom. The van der Waals surface area contributed by atoms with Crippen molar-refractivity contribution in [2.24, 2.45) is 5.41 Å². The summed E-state index contributed by atoms with van der Waals surface area (Å²) in [5.74, 6) is -0.689. The van der Waals surface area contributed by atoms with Crippen LogP contribution in [0.5, 0.6) is 0 Å². The number of rotatable bonds is 7. The Kier molecular flexibility index (Phi) is 6.97. The van der Waals surface area contributed by atoms with E-state index in [9.17, 15) is 4.79 Å². The lowest BCUT2D eigenvalue weighted by atomic mass is 9.82. The lowest BCUT2D eigenvalue weighted by molar-refractivity contribution is -0.267. The van der Waals surface area contributed by atoms with E-state index >= 15 is 0 Å². The van der Waals surface area contributed by atoms with Gasteiger partial charge in [-0.15, -0.1) is 0 Å². The van der Waals surface area contributed by atoms with E-state index < -0.39 is 5.79 Å². The lowest BCUT2D eigenvalue weighted by Gasteiger charge is -2.42. The molecule has 0 unspecified atom stereocenters. The van der Waals surface area contributed by atoms with Crippen LogP contribution in [0.4, 0.5) is 0 Å². The molecule has 0 radical (unpaired) electrons. The van der Waals surface area contributed by atoms with Crippen molar-refractivity contribution < 1.29 is 18.7 Å². The molecule has 0 aliphatic rings. The maximum absolute atomic E-state index is 11.0. The van der Waals surface area contributed by atoms with Gasteiger partial charge < -0.3 is 13.9 Å². The van der Waals surface area contributed by atoms with E-state index in [4.69, 9.17) is 13.9 Å². The van der Waals surface area contributed by atoms with Crippen molar-refractivity contribution in [2.45, 2.75) is 52.2 Å². The first-order valence-electron chi connectivity index (χ1n) is 6.00. The summed E-state index contributed by atoms with van der Waals surface area (Å²) in [5, 5.41) is 0. The Morgan fingerprint density at radius 3 is 2.00 bits per heavy atom. The highest BCUT2D eigenvalue weighted by Crippen LogP contribution is 2.38. The average Bonchev–Trinajstić information content (AvgIpc) is 2.27. The Labute approximate surface area is 108 Å². The predicted molar refractivity (Wildman–Crippen MR) is 70.7 cm³/mol. The van der Waals surface area contributed by atoms with Crippen LogP contribution in [0.3, 0.4) is 0 Å². The highest BCUT2D eigenvalue weighted by Gasteiger charge is 2.41. The van der Waals surface area contributed by atoms with Crippen molar-refractivity contribution in [1.29, 1.82) is 0 Å². The molecule has 0 saturated carbocycles. The standard InChI is InChI=1S/C12H26O4Si/c1-11(2,3)12(14-4,15-5)9-7-6-8-10(13)16-17/h6-9H2,1-5,17H3. The summed E-state index contributed by atoms with van der Waals surface area (Å²) in [6.45, 7) is 6.27. The maximum Gasteiger partial charge on any atom is 0.291 e. The van der Waals surface area contributed by atoms with Gasteiger partial charge in [0.05, 0.1) is 0 Å². The first-order chi connectivity index (χ1) is 7.83. The van der Waals surface area contributed by atoms with Gasteiger partial charge in [0.15, 0.2) is 5.79 Å². The summed E-state index contributed by atoms with van der Waals surface area (Å²) in [7, 11) is 3.81. The van der Waals surface area contributed by atoms with Gasteiger partial charge in [0, 0.05) is 32.5 Å². The van der Waals surface area contributed by atoms with Crippen molar-refractivity contribution in [2.75, 3.05) is 14.2 Å². The molecule has 0 aliphatic carbocycles. The first-order valence-corrected chi connectivity index (χ1v) is 6.81. The molecule has 17 heavy (non-hydrogen) atoms. The summed E-state index contributed by atoms with van der Waals surface area (Å²) in [6, 6.07) is 0. The molecule has 4 nitrogen and oxygen atoms in total. The summed E-state index contributed by atoms with van der Waals surface area (Å²) in [5.41, 5.74) is -0.103. The second-order valence-electron chi connectivity index (χ2n) is 5.19. The van der Waals surface area contributed by atoms with Crippen molar-refractivity contribution in [1.82, 2.24) is 0 Å². The number of hydrogen-bond acceptors (Lipinski definition) is 4. The van der Waals surface area contributed by atoms with E-state index in [-0.39, 0.29) is 11.4 Å². The zero-order valence-electron chi connectivity index (χ0n) is 12.0. The molecule has 102 valence electrons. The van der Waals surface area contributed by atoms with E-state index in [1.54, 1.807) is 14.2 Å². The molecule has 0 amide bonds. The van der Waals surface area contributed by atoms with Crippen LogP contribution in [-0.2, 0) is 18.7 Å². The minimum Gasteiger partial charge on any atom is -0.529 e. The van der Waals surface area contributed by atoms with Gasteiger partial charge in [-0.25, -0.2) is 0 Å². The summed E-state index contributed by atoms with van der Waals surface area (Å²) >= 11 is 0. The first kappa shape index (κ1) is 16.6. The molecule has 0 aromatic rings. The van der Waals surface area contributed by atoms with E-state index in [2.05, 4.69) is 20.8 Å². The number of carbonyl (C=O) groups excluding carboxylic acids is 1. The van der Waals surface area contributed by atoms with Crippen molar-refractivity contribution >= 4 is 16.5 Å². The van der Waals surface area contributed by atoms with Crippen LogP contribution >= 0.6 is 0 Å². The minimum atomic E-state index is -0.585. The van der Waals surface area contributed by atoms with Crippen LogP contribution in [0.25, 0.3) is 0 Å². The second-order valence-corrected chi connectivity index (χ2v) is 5.60. The SMILES string of the molecule is COC(CCCCC(=O)O[SiH3])(OC)C(C)(C)C. The van der Waals surface area contributed by atoms with Crippen LogP contribution < -0.4 is 0 Å². The van der Waals surface area contributed by atoms with Crippen LogP contribution in [-0.4, -0.2) is 36.5 Å². The second kappa shape index (κ2) is 7.13. The van der Waals surface area contributed by atoms with E-state index in [0.29, 0.717) is 16.9 Å². The van der Waals surface area contributed by atoms with Gasteiger partial charge in [0.25, 0.3) is 5.97 Å². The van der Waals surface area contributed by atoms with Crippen molar-refractivity contribution in [3.63, 3.8) is 0 Å². The molecule has 0 spiro atoms. The number of ether oxygens (including phenoxy) is 2. The fraction of sp³-hybridized carbons (Fsp3) is 0.917. The van der Waals surface area contributed by atoms with Crippen molar-refractivity contribution in [3.8, 4) is 0 Å². The summed E-state index contributed by atoms with van der Waals surface area (Å²) < 4.78 is 15.8. The molecule has 0 saturated heterocycles. The highest BCUT2D eigenvalue weighted by molar-refractivity contribution is 6.05. The van der Waals surface area contributed by atoms with Gasteiger partial charge in [-0.3, -0.25) is 4.79 Å². The Hall–Kier alpha value is -0.393. The van der Waals surface area contributed by atoms with Crippen LogP contribution in [0.15, 0.2) is 0 Å². The molecular weight excluding hydrogens is 236 g/mol. The van der Waals surface area contributed by atoms with E-state index in [1.807, 2.05) is 0 Å². The number of carbonyl (C=O) groups is 1. The fourth-order valence-corrected chi connectivity index (χ4v) is 2.21. The molecule has 0 aromatic heterocycles. The smallest absolute Gasteiger partial charge is 0.291 e. The molecular formula is C12H26O4Si. The Bertz CT molecular complexity index is 231. The van der Waals surface area contributed by atoms with Gasteiger partial charge in [0.2, 0.25) is 10.5 Å². The maximum atomic E-state index is 11.0. The van der Waals surface area contributed by atoms with Crippen LogP contribution in [0.1, 0.15) is 46.5 Å². The normalized spacial score (nSPS) is 12.8.